The van der Waals surface area contributed by atoms with Crippen LogP contribution in [0.15, 0.2) is 0 Å². The summed E-state index contributed by atoms with van der Waals surface area (Å²) in [6.07, 6.45) is 3.07. The van der Waals surface area contributed by atoms with Gasteiger partial charge in [-0.05, 0) is 18.4 Å². The third-order valence-electron chi connectivity index (χ3n) is 1.03. The summed E-state index contributed by atoms with van der Waals surface area (Å²) in [7, 11) is 0. The van der Waals surface area contributed by atoms with E-state index in [0.717, 1.165) is 18.7 Å². The molecule has 1 amide bonds. The molecule has 4 heteroatoms. The Labute approximate surface area is 65.7 Å². The molecule has 0 aromatic heterocycles. The standard InChI is InChI=1S/C6H14N2OS/c1-10-4-2-3-8-6(9)5-7/h2-5,7H2,1H3,(H,8,9). The maximum atomic E-state index is 10.5. The summed E-state index contributed by atoms with van der Waals surface area (Å²) in [6, 6.07) is 0. The Morgan fingerprint density at radius 2 is 2.40 bits per heavy atom. The van der Waals surface area contributed by atoms with Gasteiger partial charge in [-0.1, -0.05) is 0 Å². The highest BCUT2D eigenvalue weighted by Gasteiger charge is 1.93. The highest BCUT2D eigenvalue weighted by Crippen LogP contribution is 1.92. The molecule has 60 valence electrons. The smallest absolute Gasteiger partial charge is 0.233 e. The van der Waals surface area contributed by atoms with E-state index in [4.69, 9.17) is 5.73 Å². The molecule has 10 heavy (non-hydrogen) atoms. The lowest BCUT2D eigenvalue weighted by Crippen LogP contribution is -2.31. The van der Waals surface area contributed by atoms with Gasteiger partial charge in [0.1, 0.15) is 0 Å². The molecular weight excluding hydrogens is 148 g/mol. The predicted octanol–water partition coefficient (Wildman–Crippen LogP) is -0.186. The molecule has 0 saturated carbocycles. The van der Waals surface area contributed by atoms with Crippen molar-refractivity contribution < 1.29 is 4.79 Å². The summed E-state index contributed by atoms with van der Waals surface area (Å²) < 4.78 is 0. The molecule has 0 radical (unpaired) electrons. The average molecular weight is 162 g/mol. The largest absolute Gasteiger partial charge is 0.355 e. The second kappa shape index (κ2) is 6.89. The van der Waals surface area contributed by atoms with Crippen molar-refractivity contribution >= 4 is 17.7 Å². The number of nitrogens with two attached hydrogens (primary N) is 1. The van der Waals surface area contributed by atoms with E-state index in [-0.39, 0.29) is 12.5 Å². The van der Waals surface area contributed by atoms with Gasteiger partial charge in [-0.15, -0.1) is 0 Å². The summed E-state index contributed by atoms with van der Waals surface area (Å²) in [5.74, 6) is 1.02. The van der Waals surface area contributed by atoms with Crippen LogP contribution in [0.25, 0.3) is 0 Å². The normalized spacial score (nSPS) is 9.40. The molecule has 0 rings (SSSR count). The first-order valence-corrected chi connectivity index (χ1v) is 4.66. The Balaban J connectivity index is 2.96. The number of nitrogens with one attached hydrogen (secondary N) is 1. The zero-order valence-corrected chi connectivity index (χ0v) is 7.04. The van der Waals surface area contributed by atoms with Gasteiger partial charge in [0.15, 0.2) is 0 Å². The van der Waals surface area contributed by atoms with Crippen molar-refractivity contribution in [3.8, 4) is 0 Å². The van der Waals surface area contributed by atoms with Gasteiger partial charge in [0.2, 0.25) is 5.91 Å². The first kappa shape index (κ1) is 9.78. The predicted molar refractivity (Wildman–Crippen MR) is 45.1 cm³/mol. The molecule has 0 unspecified atom stereocenters. The first-order chi connectivity index (χ1) is 4.81. The van der Waals surface area contributed by atoms with E-state index in [0.29, 0.717) is 0 Å². The van der Waals surface area contributed by atoms with Crippen LogP contribution >= 0.6 is 11.8 Å². The maximum Gasteiger partial charge on any atom is 0.233 e. The van der Waals surface area contributed by atoms with E-state index in [1.165, 1.54) is 0 Å². The minimum atomic E-state index is -0.0684. The molecule has 3 N–H and O–H groups in total. The Hall–Kier alpha value is -0.220. The average Bonchev–Trinajstić information content (AvgIpc) is 1.98. The summed E-state index contributed by atoms with van der Waals surface area (Å²) in [5.41, 5.74) is 5.07. The van der Waals surface area contributed by atoms with Crippen LogP contribution < -0.4 is 11.1 Å². The molecule has 0 aliphatic heterocycles. The highest BCUT2D eigenvalue weighted by atomic mass is 32.2. The number of carbonyl (C=O) groups is 1. The minimum Gasteiger partial charge on any atom is -0.355 e. The number of hydrogen-bond acceptors (Lipinski definition) is 3. The zero-order chi connectivity index (χ0) is 7.82. The van der Waals surface area contributed by atoms with Gasteiger partial charge in [0, 0.05) is 6.54 Å². The first-order valence-electron chi connectivity index (χ1n) is 3.27. The molecule has 0 saturated heterocycles. The fraction of sp³-hybridized carbons (Fsp3) is 0.833. The fourth-order valence-electron chi connectivity index (χ4n) is 0.516. The van der Waals surface area contributed by atoms with E-state index in [1.807, 2.05) is 6.26 Å². The van der Waals surface area contributed by atoms with Crippen LogP contribution in [0.2, 0.25) is 0 Å². The lowest BCUT2D eigenvalue weighted by molar-refractivity contribution is -0.119. The molecule has 0 bridgehead atoms. The molecule has 0 aliphatic carbocycles. The van der Waals surface area contributed by atoms with Gasteiger partial charge in [0.05, 0.1) is 6.54 Å². The number of hydrogen-bond donors (Lipinski definition) is 2. The Bertz CT molecular complexity index is 97.7. The van der Waals surface area contributed by atoms with Crippen LogP contribution in [0, 0.1) is 0 Å². The Morgan fingerprint density at radius 1 is 1.70 bits per heavy atom. The minimum absolute atomic E-state index is 0.0684. The second-order valence-corrected chi connectivity index (χ2v) is 2.89. The summed E-state index contributed by atoms with van der Waals surface area (Å²) in [4.78, 5) is 10.5. The van der Waals surface area contributed by atoms with Gasteiger partial charge in [-0.25, -0.2) is 0 Å². The Kier molecular flexibility index (Phi) is 6.74. The number of rotatable bonds is 5. The summed E-state index contributed by atoms with van der Waals surface area (Å²) >= 11 is 1.78. The van der Waals surface area contributed by atoms with E-state index in [9.17, 15) is 4.79 Å². The van der Waals surface area contributed by atoms with E-state index >= 15 is 0 Å². The topological polar surface area (TPSA) is 55.1 Å². The lowest BCUT2D eigenvalue weighted by Gasteiger charge is -2.00. The molecule has 0 atom stereocenters. The van der Waals surface area contributed by atoms with Gasteiger partial charge in [-0.2, -0.15) is 11.8 Å². The molecule has 3 nitrogen and oxygen atoms in total. The molecular formula is C6H14N2OS. The number of amides is 1. The van der Waals surface area contributed by atoms with Crippen molar-refractivity contribution in [3.05, 3.63) is 0 Å². The van der Waals surface area contributed by atoms with Crippen LogP contribution in [0.4, 0.5) is 0 Å². The van der Waals surface area contributed by atoms with Crippen LogP contribution in [0.5, 0.6) is 0 Å². The van der Waals surface area contributed by atoms with E-state index in [2.05, 4.69) is 5.32 Å². The second-order valence-electron chi connectivity index (χ2n) is 1.90. The van der Waals surface area contributed by atoms with E-state index in [1.54, 1.807) is 11.8 Å². The number of carbonyl (C=O) groups excluding carboxylic acids is 1. The van der Waals surface area contributed by atoms with Crippen LogP contribution in [-0.2, 0) is 4.79 Å². The third kappa shape index (κ3) is 5.91. The Morgan fingerprint density at radius 3 is 2.90 bits per heavy atom. The van der Waals surface area contributed by atoms with Gasteiger partial charge in [0.25, 0.3) is 0 Å². The van der Waals surface area contributed by atoms with E-state index < -0.39 is 0 Å². The van der Waals surface area contributed by atoms with Crippen molar-refractivity contribution in [3.63, 3.8) is 0 Å². The van der Waals surface area contributed by atoms with Crippen molar-refractivity contribution in [2.45, 2.75) is 6.42 Å². The molecule has 0 aliphatic rings. The SMILES string of the molecule is CSCCCNC(=O)CN. The van der Waals surface area contributed by atoms with Gasteiger partial charge in [-0.3, -0.25) is 4.79 Å². The summed E-state index contributed by atoms with van der Waals surface area (Å²) in [5, 5.41) is 2.69. The fourth-order valence-corrected chi connectivity index (χ4v) is 0.949. The molecule has 0 fully saturated rings. The molecule has 0 aromatic rings. The van der Waals surface area contributed by atoms with Crippen molar-refractivity contribution in [2.24, 2.45) is 5.73 Å². The monoisotopic (exact) mass is 162 g/mol. The molecule has 0 heterocycles. The van der Waals surface area contributed by atoms with Crippen molar-refractivity contribution in [1.29, 1.82) is 0 Å². The van der Waals surface area contributed by atoms with Crippen molar-refractivity contribution in [1.82, 2.24) is 5.32 Å². The van der Waals surface area contributed by atoms with Crippen LogP contribution in [0.3, 0.4) is 0 Å². The third-order valence-corrected chi connectivity index (χ3v) is 1.73. The zero-order valence-electron chi connectivity index (χ0n) is 6.22. The van der Waals surface area contributed by atoms with Crippen LogP contribution in [0.1, 0.15) is 6.42 Å². The lowest BCUT2D eigenvalue weighted by atomic mass is 10.4. The molecule has 0 aromatic carbocycles. The highest BCUT2D eigenvalue weighted by molar-refractivity contribution is 7.98. The van der Waals surface area contributed by atoms with Crippen LogP contribution in [-0.4, -0.2) is 31.0 Å². The number of thioether (sulfide) groups is 1. The molecule has 0 spiro atoms. The maximum absolute atomic E-state index is 10.5. The van der Waals surface area contributed by atoms with Gasteiger partial charge >= 0.3 is 0 Å². The quantitative estimate of drug-likeness (QED) is 0.551. The van der Waals surface area contributed by atoms with Gasteiger partial charge < -0.3 is 11.1 Å². The summed E-state index contributed by atoms with van der Waals surface area (Å²) in [6.45, 7) is 0.843. The van der Waals surface area contributed by atoms with Crippen molar-refractivity contribution in [2.75, 3.05) is 25.1 Å².